The Bertz CT molecular complexity index is 855. The maximum absolute atomic E-state index is 12.8. The zero-order valence-corrected chi connectivity index (χ0v) is 18.1. The molecule has 0 bridgehead atoms. The highest BCUT2D eigenvalue weighted by Gasteiger charge is 2.52. The summed E-state index contributed by atoms with van der Waals surface area (Å²) in [6.45, 7) is 4.16. The molecule has 0 radical (unpaired) electrons. The molecule has 2 rings (SSSR count). The molecule has 0 saturated carbocycles. The van der Waals surface area contributed by atoms with Crippen LogP contribution in [0, 0.1) is 0 Å². The summed E-state index contributed by atoms with van der Waals surface area (Å²) in [5.41, 5.74) is 0.279. The Hall–Kier alpha value is -3.47. The van der Waals surface area contributed by atoms with E-state index < -0.39 is 60.4 Å². The number of hydrogen-bond acceptors (Lipinski definition) is 10. The van der Waals surface area contributed by atoms with Crippen LogP contribution in [0.25, 0.3) is 0 Å². The van der Waals surface area contributed by atoms with Gasteiger partial charge in [0.15, 0.2) is 12.2 Å². The number of carbonyl (C=O) groups is 5. The van der Waals surface area contributed by atoms with Crippen molar-refractivity contribution in [2.45, 2.75) is 58.3 Å². The van der Waals surface area contributed by atoms with E-state index in [-0.39, 0.29) is 12.2 Å². The normalized spacial score (nSPS) is 24.6. The van der Waals surface area contributed by atoms with Crippen molar-refractivity contribution in [1.29, 1.82) is 0 Å². The number of carbonyl (C=O) groups excluding carboxylic acids is 5. The summed E-state index contributed by atoms with van der Waals surface area (Å²) in [4.78, 5) is 59.3. The van der Waals surface area contributed by atoms with Crippen molar-refractivity contribution in [3.63, 3.8) is 0 Å². The largest absolute Gasteiger partial charge is 0.463 e. The molecule has 1 aliphatic heterocycles. The molecule has 0 aromatic heterocycles. The Morgan fingerprint density at radius 2 is 1.38 bits per heavy atom. The molecule has 1 amide bonds. The minimum atomic E-state index is -1.43. The van der Waals surface area contributed by atoms with Gasteiger partial charge in [-0.3, -0.25) is 24.0 Å². The number of amides is 1. The first-order valence-corrected chi connectivity index (χ1v) is 9.75. The maximum atomic E-state index is 12.8. The van der Waals surface area contributed by atoms with E-state index in [1.807, 2.05) is 0 Å². The average molecular weight is 451 g/mol. The second-order valence-electron chi connectivity index (χ2n) is 6.97. The van der Waals surface area contributed by atoms with Crippen LogP contribution in [-0.4, -0.2) is 67.0 Å². The topological polar surface area (TPSA) is 144 Å². The summed E-state index contributed by atoms with van der Waals surface area (Å²) < 4.78 is 26.5. The van der Waals surface area contributed by atoms with Crippen LogP contribution >= 0.6 is 0 Å². The molecule has 1 aromatic rings. The molecule has 174 valence electrons. The first kappa shape index (κ1) is 24.8. The van der Waals surface area contributed by atoms with Gasteiger partial charge in [-0.1, -0.05) is 18.2 Å². The molecule has 1 heterocycles. The fraction of sp³-hybridized carbons (Fsp3) is 0.476. The maximum Gasteiger partial charge on any atom is 0.305 e. The van der Waals surface area contributed by atoms with Gasteiger partial charge >= 0.3 is 23.9 Å². The van der Waals surface area contributed by atoms with Gasteiger partial charge in [0.2, 0.25) is 6.29 Å². The van der Waals surface area contributed by atoms with Gasteiger partial charge in [-0.25, -0.2) is 0 Å². The smallest absolute Gasteiger partial charge is 0.305 e. The van der Waals surface area contributed by atoms with Gasteiger partial charge in [-0.2, -0.15) is 0 Å². The quantitative estimate of drug-likeness (QED) is 0.460. The molecular formula is C21H25NO10. The van der Waals surface area contributed by atoms with Crippen LogP contribution in [0.1, 0.15) is 38.1 Å². The molecule has 1 aromatic carbocycles. The van der Waals surface area contributed by atoms with E-state index in [2.05, 4.69) is 5.32 Å². The van der Waals surface area contributed by atoms with Crippen molar-refractivity contribution < 1.29 is 47.7 Å². The molecule has 0 spiro atoms. The van der Waals surface area contributed by atoms with Crippen molar-refractivity contribution in [2.24, 2.45) is 0 Å². The fourth-order valence-corrected chi connectivity index (χ4v) is 3.14. The number of hydrogen-bond donors (Lipinski definition) is 1. The van der Waals surface area contributed by atoms with Crippen LogP contribution in [0.3, 0.4) is 0 Å². The molecule has 1 aliphatic rings. The van der Waals surface area contributed by atoms with Gasteiger partial charge < -0.3 is 29.0 Å². The first-order valence-electron chi connectivity index (χ1n) is 9.75. The number of ether oxygens (including phenoxy) is 5. The molecule has 0 aliphatic carbocycles. The van der Waals surface area contributed by atoms with Crippen LogP contribution in [-0.2, 0) is 42.9 Å². The van der Waals surface area contributed by atoms with E-state index in [1.54, 1.807) is 30.3 Å². The monoisotopic (exact) mass is 451 g/mol. The minimum Gasteiger partial charge on any atom is -0.463 e. The third-order valence-corrected chi connectivity index (χ3v) is 4.32. The molecule has 1 saturated heterocycles. The van der Waals surface area contributed by atoms with Crippen LogP contribution < -0.4 is 5.32 Å². The summed E-state index contributed by atoms with van der Waals surface area (Å²) in [5, 5.41) is 2.62. The van der Waals surface area contributed by atoms with Crippen molar-refractivity contribution >= 4 is 29.8 Å². The Morgan fingerprint density at radius 1 is 0.812 bits per heavy atom. The van der Waals surface area contributed by atoms with Crippen molar-refractivity contribution in [3.8, 4) is 0 Å². The minimum absolute atomic E-state index is 0.279. The highest BCUT2D eigenvalue weighted by atomic mass is 16.7. The molecule has 11 nitrogen and oxygen atoms in total. The lowest BCUT2D eigenvalue weighted by atomic mass is 9.95. The second-order valence-corrected chi connectivity index (χ2v) is 6.97. The lowest BCUT2D eigenvalue weighted by molar-refractivity contribution is -0.270. The van der Waals surface area contributed by atoms with Crippen LogP contribution in [0.2, 0.25) is 0 Å². The van der Waals surface area contributed by atoms with E-state index in [0.29, 0.717) is 0 Å². The van der Waals surface area contributed by atoms with Crippen molar-refractivity contribution in [1.82, 2.24) is 5.32 Å². The van der Waals surface area contributed by atoms with Crippen LogP contribution in [0.15, 0.2) is 30.3 Å². The Labute approximate surface area is 184 Å². The number of benzene rings is 1. The van der Waals surface area contributed by atoms with E-state index in [9.17, 15) is 24.0 Å². The summed E-state index contributed by atoms with van der Waals surface area (Å²) in [6.07, 6.45) is -5.18. The summed E-state index contributed by atoms with van der Waals surface area (Å²) in [7, 11) is 0. The zero-order chi connectivity index (χ0) is 23.8. The molecule has 11 heteroatoms. The van der Waals surface area contributed by atoms with Gasteiger partial charge in [-0.15, -0.1) is 0 Å². The lowest BCUT2D eigenvalue weighted by Crippen LogP contribution is -2.67. The third-order valence-electron chi connectivity index (χ3n) is 4.32. The lowest BCUT2D eigenvalue weighted by Gasteiger charge is -2.44. The summed E-state index contributed by atoms with van der Waals surface area (Å²) >= 11 is 0. The highest BCUT2D eigenvalue weighted by Crippen LogP contribution is 2.28. The van der Waals surface area contributed by atoms with Crippen molar-refractivity contribution in [2.75, 3.05) is 6.61 Å². The van der Waals surface area contributed by atoms with E-state index in [0.717, 1.165) is 20.8 Å². The van der Waals surface area contributed by atoms with Gasteiger partial charge in [0, 0.05) is 33.3 Å². The van der Waals surface area contributed by atoms with E-state index >= 15 is 0 Å². The van der Waals surface area contributed by atoms with Gasteiger partial charge in [0.1, 0.15) is 18.8 Å². The zero-order valence-electron chi connectivity index (χ0n) is 18.1. The van der Waals surface area contributed by atoms with Gasteiger partial charge in [0.25, 0.3) is 5.91 Å². The van der Waals surface area contributed by atoms with Crippen LogP contribution in [0.4, 0.5) is 0 Å². The highest BCUT2D eigenvalue weighted by molar-refractivity contribution is 5.94. The molecule has 5 atom stereocenters. The number of esters is 4. The van der Waals surface area contributed by atoms with E-state index in [4.69, 9.17) is 23.7 Å². The van der Waals surface area contributed by atoms with Crippen LogP contribution in [0.5, 0.6) is 0 Å². The SMILES string of the molecule is CC(=O)OC[C@H]1O[C@@H](OC(C)=O)[C@@H](NC(=O)c2ccccc2)[C@@H](OC(C)=O)[C@H]1OC(C)=O. The Kier molecular flexibility index (Phi) is 8.71. The predicted octanol–water partition coefficient (Wildman–Crippen LogP) is 0.500. The Balaban J connectivity index is 2.44. The first-order chi connectivity index (χ1) is 15.1. The summed E-state index contributed by atoms with van der Waals surface area (Å²) in [5.74, 6) is -3.44. The van der Waals surface area contributed by atoms with Gasteiger partial charge in [-0.05, 0) is 12.1 Å². The number of rotatable bonds is 7. The average Bonchev–Trinajstić information content (AvgIpc) is 2.70. The fourth-order valence-electron chi connectivity index (χ4n) is 3.14. The Morgan fingerprint density at radius 3 is 1.91 bits per heavy atom. The molecule has 0 unspecified atom stereocenters. The molecule has 32 heavy (non-hydrogen) atoms. The summed E-state index contributed by atoms with van der Waals surface area (Å²) in [6, 6.07) is 6.88. The molecular weight excluding hydrogens is 426 g/mol. The predicted molar refractivity (Wildman–Crippen MR) is 106 cm³/mol. The van der Waals surface area contributed by atoms with Crippen molar-refractivity contribution in [3.05, 3.63) is 35.9 Å². The third kappa shape index (κ3) is 7.05. The van der Waals surface area contributed by atoms with Gasteiger partial charge in [0.05, 0.1) is 0 Å². The molecule has 1 fully saturated rings. The van der Waals surface area contributed by atoms with E-state index in [1.165, 1.54) is 6.92 Å². The number of nitrogens with one attached hydrogen (secondary N) is 1. The molecule has 1 N–H and O–H groups in total. The standard InChI is InChI=1S/C21H25NO10/c1-11(23)28-10-16-18(29-12(2)24)19(30-13(3)25)17(21(32-16)31-14(4)26)22-20(27)15-8-6-5-7-9-15/h5-9,16-19,21H,10H2,1-4H3,(H,22,27)/t16-,17+,18+,19-,21-/m1/s1. The second kappa shape index (κ2) is 11.2.